The quantitative estimate of drug-likeness (QED) is 0.777. The summed E-state index contributed by atoms with van der Waals surface area (Å²) in [5, 5.41) is 0. The first-order chi connectivity index (χ1) is 10.4. The fraction of sp³-hybridized carbons (Fsp3) is 0.316. The van der Waals surface area contributed by atoms with Gasteiger partial charge < -0.3 is 4.74 Å². The summed E-state index contributed by atoms with van der Waals surface area (Å²) in [5.41, 5.74) is 5.98. The molecule has 2 aromatic carbocycles. The van der Waals surface area contributed by atoms with Crippen LogP contribution in [-0.4, -0.2) is 19.0 Å². The molecule has 2 heteroatoms. The van der Waals surface area contributed by atoms with Crippen LogP contribution in [0.25, 0.3) is 0 Å². The number of fused-ring (bicyclic) bond motifs is 1. The molecule has 1 atom stereocenters. The molecule has 1 unspecified atom stereocenters. The van der Waals surface area contributed by atoms with Gasteiger partial charge in [0.25, 0.3) is 0 Å². The van der Waals surface area contributed by atoms with Gasteiger partial charge in [-0.1, -0.05) is 48.5 Å². The molecule has 0 N–H and O–H groups in total. The fourth-order valence-corrected chi connectivity index (χ4v) is 4.45. The first kappa shape index (κ1) is 11.6. The van der Waals surface area contributed by atoms with Crippen LogP contribution in [0.5, 0.6) is 0 Å². The number of ether oxygens (including phenoxy) is 1. The smallest absolute Gasteiger partial charge is 0.187 e. The van der Waals surface area contributed by atoms with Crippen molar-refractivity contribution in [1.29, 1.82) is 0 Å². The molecule has 0 radical (unpaired) electrons. The normalized spacial score (nSPS) is 28.6. The van der Waals surface area contributed by atoms with Gasteiger partial charge in [-0.3, -0.25) is 4.99 Å². The fourth-order valence-electron chi connectivity index (χ4n) is 4.45. The molecule has 4 aliphatic rings. The van der Waals surface area contributed by atoms with E-state index in [-0.39, 0.29) is 0 Å². The second-order valence-corrected chi connectivity index (χ2v) is 6.20. The third kappa shape index (κ3) is 1.50. The summed E-state index contributed by atoms with van der Waals surface area (Å²) >= 11 is 0. The van der Waals surface area contributed by atoms with Crippen molar-refractivity contribution in [2.75, 3.05) is 13.2 Å². The topological polar surface area (TPSA) is 21.6 Å². The maximum absolute atomic E-state index is 5.83. The zero-order valence-corrected chi connectivity index (χ0v) is 11.8. The minimum atomic E-state index is 0.416. The molecule has 0 saturated heterocycles. The van der Waals surface area contributed by atoms with Crippen LogP contribution < -0.4 is 0 Å². The molecule has 6 rings (SSSR count). The lowest BCUT2D eigenvalue weighted by molar-refractivity contribution is 0.298. The van der Waals surface area contributed by atoms with Crippen molar-refractivity contribution in [1.82, 2.24) is 0 Å². The van der Waals surface area contributed by atoms with Crippen molar-refractivity contribution >= 4 is 5.90 Å². The van der Waals surface area contributed by atoms with Crippen molar-refractivity contribution in [2.24, 2.45) is 10.9 Å². The Morgan fingerprint density at radius 3 is 2.05 bits per heavy atom. The molecule has 3 aliphatic carbocycles. The molecule has 2 aromatic rings. The van der Waals surface area contributed by atoms with Crippen molar-refractivity contribution in [3.63, 3.8) is 0 Å². The van der Waals surface area contributed by atoms with Gasteiger partial charge in [0.15, 0.2) is 5.90 Å². The Kier molecular flexibility index (Phi) is 2.31. The highest BCUT2D eigenvalue weighted by molar-refractivity contribution is 5.83. The van der Waals surface area contributed by atoms with Gasteiger partial charge in [-0.15, -0.1) is 0 Å². The second kappa shape index (κ2) is 4.20. The third-order valence-corrected chi connectivity index (χ3v) is 5.23. The van der Waals surface area contributed by atoms with E-state index in [2.05, 4.69) is 53.5 Å². The van der Waals surface area contributed by atoms with Crippen LogP contribution in [0.15, 0.2) is 53.5 Å². The molecular formula is C19H17NO. The predicted molar refractivity (Wildman–Crippen MR) is 82.9 cm³/mol. The molecule has 0 amide bonds. The maximum Gasteiger partial charge on any atom is 0.187 e. The maximum atomic E-state index is 5.83. The number of hydrogen-bond acceptors (Lipinski definition) is 2. The van der Waals surface area contributed by atoms with E-state index in [4.69, 9.17) is 4.74 Å². The molecule has 2 bridgehead atoms. The lowest BCUT2D eigenvalue weighted by Crippen LogP contribution is -2.36. The Morgan fingerprint density at radius 2 is 1.48 bits per heavy atom. The summed E-state index contributed by atoms with van der Waals surface area (Å²) in [4.78, 5) is 4.62. The van der Waals surface area contributed by atoms with Gasteiger partial charge in [-0.05, 0) is 28.7 Å². The monoisotopic (exact) mass is 275 g/mol. The van der Waals surface area contributed by atoms with E-state index in [1.165, 1.54) is 22.3 Å². The van der Waals surface area contributed by atoms with Gasteiger partial charge in [0.2, 0.25) is 0 Å². The number of nitrogens with zero attached hydrogens (tertiary/aromatic N) is 1. The average molecular weight is 275 g/mol. The number of rotatable bonds is 1. The Labute approximate surface area is 124 Å². The predicted octanol–water partition coefficient (Wildman–Crippen LogP) is 3.71. The van der Waals surface area contributed by atoms with Crippen LogP contribution in [0.1, 0.15) is 40.5 Å². The zero-order valence-electron chi connectivity index (χ0n) is 11.8. The van der Waals surface area contributed by atoms with Gasteiger partial charge in [0, 0.05) is 17.8 Å². The number of hydrogen-bond donors (Lipinski definition) is 0. The largest absolute Gasteiger partial charge is 0.479 e. The van der Waals surface area contributed by atoms with E-state index < -0.39 is 0 Å². The lowest BCUT2D eigenvalue weighted by Gasteiger charge is -2.45. The molecule has 104 valence electrons. The summed E-state index contributed by atoms with van der Waals surface area (Å²) in [6.07, 6.45) is 1.14. The molecule has 0 spiro atoms. The van der Waals surface area contributed by atoms with Crippen LogP contribution >= 0.6 is 0 Å². The summed E-state index contributed by atoms with van der Waals surface area (Å²) in [7, 11) is 0. The van der Waals surface area contributed by atoms with Gasteiger partial charge in [0.05, 0.1) is 6.54 Å². The van der Waals surface area contributed by atoms with Crippen molar-refractivity contribution in [3.05, 3.63) is 70.8 Å². The first-order valence-electron chi connectivity index (χ1n) is 7.78. The van der Waals surface area contributed by atoms with E-state index in [1.54, 1.807) is 0 Å². The number of aliphatic imine (C=N–C) groups is 1. The Bertz CT molecular complexity index is 701. The Balaban J connectivity index is 1.74. The summed E-state index contributed by atoms with van der Waals surface area (Å²) in [6.45, 7) is 1.58. The molecule has 21 heavy (non-hydrogen) atoms. The Hall–Kier alpha value is -2.09. The van der Waals surface area contributed by atoms with Gasteiger partial charge >= 0.3 is 0 Å². The highest BCUT2D eigenvalue weighted by atomic mass is 16.5. The summed E-state index contributed by atoms with van der Waals surface area (Å²) < 4.78 is 5.83. The van der Waals surface area contributed by atoms with Crippen LogP contribution in [-0.2, 0) is 4.74 Å². The average Bonchev–Trinajstić information content (AvgIpc) is 3.09. The highest BCUT2D eigenvalue weighted by Gasteiger charge is 2.46. The molecule has 1 heterocycles. The molecule has 2 nitrogen and oxygen atoms in total. The summed E-state index contributed by atoms with van der Waals surface area (Å²) in [5.74, 6) is 2.33. The summed E-state index contributed by atoms with van der Waals surface area (Å²) in [6, 6.07) is 17.9. The van der Waals surface area contributed by atoms with Gasteiger partial charge in [-0.25, -0.2) is 0 Å². The minimum Gasteiger partial charge on any atom is -0.479 e. The van der Waals surface area contributed by atoms with E-state index in [0.717, 1.165) is 25.5 Å². The standard InChI is InChI=1S/C19H17NO/c1-3-7-14-12(5-1)16-11-17(19-20-9-10-21-19)18(14)15-8-4-2-6-13(15)16/h1-8,16-18H,9-11H2. The van der Waals surface area contributed by atoms with Crippen molar-refractivity contribution < 1.29 is 4.74 Å². The van der Waals surface area contributed by atoms with Crippen molar-refractivity contribution in [3.8, 4) is 0 Å². The molecule has 0 aromatic heterocycles. The minimum absolute atomic E-state index is 0.416. The van der Waals surface area contributed by atoms with E-state index in [1.807, 2.05) is 0 Å². The van der Waals surface area contributed by atoms with Crippen LogP contribution in [0.2, 0.25) is 0 Å². The third-order valence-electron chi connectivity index (χ3n) is 5.23. The van der Waals surface area contributed by atoms with Crippen LogP contribution in [0, 0.1) is 5.92 Å². The highest BCUT2D eigenvalue weighted by Crippen LogP contribution is 2.55. The molecular weight excluding hydrogens is 258 g/mol. The first-order valence-corrected chi connectivity index (χ1v) is 7.78. The van der Waals surface area contributed by atoms with E-state index in [9.17, 15) is 0 Å². The SMILES string of the molecule is c1ccc2c(c1)C1CC(C3=NCCO3)C2c2ccccc21. The van der Waals surface area contributed by atoms with Crippen LogP contribution in [0.4, 0.5) is 0 Å². The molecule has 0 saturated carbocycles. The van der Waals surface area contributed by atoms with Gasteiger partial charge in [-0.2, -0.15) is 0 Å². The zero-order chi connectivity index (χ0) is 13.8. The van der Waals surface area contributed by atoms with Crippen molar-refractivity contribution in [2.45, 2.75) is 18.3 Å². The number of benzene rings is 2. The van der Waals surface area contributed by atoms with Gasteiger partial charge in [0.1, 0.15) is 6.61 Å². The van der Waals surface area contributed by atoms with E-state index >= 15 is 0 Å². The molecule has 1 aliphatic heterocycles. The lowest BCUT2D eigenvalue weighted by atomic mass is 9.59. The Morgan fingerprint density at radius 1 is 0.857 bits per heavy atom. The molecule has 0 fully saturated rings. The second-order valence-electron chi connectivity index (χ2n) is 6.20. The van der Waals surface area contributed by atoms with E-state index in [0.29, 0.717) is 17.8 Å². The van der Waals surface area contributed by atoms with Crippen LogP contribution in [0.3, 0.4) is 0 Å².